The monoisotopic (exact) mass is 388 g/mol. The van der Waals surface area contributed by atoms with Crippen LogP contribution in [-0.2, 0) is 4.79 Å². The Morgan fingerprint density at radius 2 is 1.90 bits per heavy atom. The van der Waals surface area contributed by atoms with Crippen molar-refractivity contribution in [3.05, 3.63) is 59.9 Å². The van der Waals surface area contributed by atoms with Crippen molar-refractivity contribution in [1.82, 2.24) is 19.8 Å². The molecule has 0 atom stereocenters. The lowest BCUT2D eigenvalue weighted by atomic mass is 9.97. The maximum Gasteiger partial charge on any atom is 0.254 e. The van der Waals surface area contributed by atoms with Crippen molar-refractivity contribution in [1.29, 1.82) is 0 Å². The molecule has 1 aromatic carbocycles. The molecular weight excluding hydrogens is 364 g/mol. The molecule has 4 rings (SSSR count). The van der Waals surface area contributed by atoms with Crippen molar-refractivity contribution in [2.45, 2.75) is 19.8 Å². The van der Waals surface area contributed by atoms with Crippen LogP contribution in [0.5, 0.6) is 0 Å². The summed E-state index contributed by atoms with van der Waals surface area (Å²) in [6.07, 6.45) is 4.32. The summed E-state index contributed by atoms with van der Waals surface area (Å²) in [6, 6.07) is 11.8. The molecule has 6 heteroatoms. The maximum absolute atomic E-state index is 13.4. The maximum atomic E-state index is 13.4. The Morgan fingerprint density at radius 1 is 1.10 bits per heavy atom. The highest BCUT2D eigenvalue weighted by molar-refractivity contribution is 6.07. The van der Waals surface area contributed by atoms with Crippen molar-refractivity contribution in [2.24, 2.45) is 0 Å². The number of fused-ring (bicyclic) bond motifs is 1. The minimum absolute atomic E-state index is 0.0194. The summed E-state index contributed by atoms with van der Waals surface area (Å²) in [5.74, 6) is 0.338. The van der Waals surface area contributed by atoms with E-state index in [1.54, 1.807) is 17.3 Å². The van der Waals surface area contributed by atoms with Crippen molar-refractivity contribution in [2.75, 3.05) is 26.2 Å². The van der Waals surface area contributed by atoms with Crippen LogP contribution in [0.4, 0.5) is 0 Å². The van der Waals surface area contributed by atoms with Crippen molar-refractivity contribution in [3.63, 3.8) is 0 Å². The molecule has 0 aliphatic carbocycles. The minimum Gasteiger partial charge on any atom is -0.342 e. The van der Waals surface area contributed by atoms with Crippen LogP contribution in [0.25, 0.3) is 22.2 Å². The van der Waals surface area contributed by atoms with Crippen LogP contribution in [-0.4, -0.2) is 58.3 Å². The van der Waals surface area contributed by atoms with E-state index in [1.165, 1.54) is 5.56 Å². The molecule has 0 bridgehead atoms. The Morgan fingerprint density at radius 3 is 2.55 bits per heavy atom. The highest BCUT2D eigenvalue weighted by Gasteiger charge is 2.24. The quantitative estimate of drug-likeness (QED) is 0.643. The van der Waals surface area contributed by atoms with Gasteiger partial charge in [0.05, 0.1) is 16.8 Å². The number of aromatic nitrogens is 2. The van der Waals surface area contributed by atoms with E-state index >= 15 is 0 Å². The van der Waals surface area contributed by atoms with Gasteiger partial charge in [0, 0.05) is 49.5 Å². The second-order valence-corrected chi connectivity index (χ2v) is 7.66. The summed E-state index contributed by atoms with van der Waals surface area (Å²) >= 11 is 0. The van der Waals surface area contributed by atoms with Gasteiger partial charge in [0.25, 0.3) is 5.91 Å². The fraction of sp³-hybridized carbons (Fsp3) is 0.304. The Kier molecular flexibility index (Phi) is 5.25. The number of piperazine rings is 1. The molecule has 2 amide bonds. The fourth-order valence-corrected chi connectivity index (χ4v) is 3.64. The predicted molar refractivity (Wildman–Crippen MR) is 113 cm³/mol. The summed E-state index contributed by atoms with van der Waals surface area (Å²) < 4.78 is 0. The van der Waals surface area contributed by atoms with E-state index in [2.05, 4.69) is 31.0 Å². The molecule has 2 aromatic heterocycles. The van der Waals surface area contributed by atoms with Crippen LogP contribution in [0.3, 0.4) is 0 Å². The number of amides is 2. The zero-order valence-electron chi connectivity index (χ0n) is 16.7. The molecule has 29 heavy (non-hydrogen) atoms. The third-order valence-corrected chi connectivity index (χ3v) is 5.44. The third-order valence-electron chi connectivity index (χ3n) is 5.44. The molecule has 0 saturated carbocycles. The van der Waals surface area contributed by atoms with Gasteiger partial charge in [0.15, 0.2) is 0 Å². The Hall–Kier alpha value is -3.28. The first-order chi connectivity index (χ1) is 14.1. The van der Waals surface area contributed by atoms with Gasteiger partial charge in [-0.1, -0.05) is 19.9 Å². The normalized spacial score (nSPS) is 14.4. The Labute approximate surface area is 170 Å². The zero-order valence-corrected chi connectivity index (χ0v) is 16.7. The second-order valence-electron chi connectivity index (χ2n) is 7.66. The molecule has 3 aromatic rings. The lowest BCUT2D eigenvalue weighted by Gasteiger charge is -2.32. The first kappa shape index (κ1) is 19.1. The summed E-state index contributed by atoms with van der Waals surface area (Å²) in [7, 11) is 0. The van der Waals surface area contributed by atoms with Gasteiger partial charge in [0.2, 0.25) is 6.41 Å². The number of nitrogens with zero attached hydrogens (tertiary/aromatic N) is 4. The topological polar surface area (TPSA) is 66.4 Å². The molecule has 0 spiro atoms. The van der Waals surface area contributed by atoms with Gasteiger partial charge >= 0.3 is 0 Å². The van der Waals surface area contributed by atoms with E-state index in [0.29, 0.717) is 37.7 Å². The standard InChI is InChI=1S/C23H24N4O2/c1-16(2)17-5-6-21-19(12-17)20(13-22(25-21)18-4-3-7-24-14-18)23(29)27-10-8-26(15-28)9-11-27/h3-7,12-16H,8-11H2,1-2H3. The number of carbonyl (C=O) groups excluding carboxylic acids is 2. The van der Waals surface area contributed by atoms with Gasteiger partial charge in [-0.25, -0.2) is 4.98 Å². The minimum atomic E-state index is -0.0194. The third kappa shape index (κ3) is 3.83. The average molecular weight is 388 g/mol. The first-order valence-electron chi connectivity index (χ1n) is 9.90. The number of rotatable bonds is 4. The zero-order chi connectivity index (χ0) is 20.4. The number of hydrogen-bond acceptors (Lipinski definition) is 4. The SMILES string of the molecule is CC(C)c1ccc2nc(-c3cccnc3)cc(C(=O)N3CCN(C=O)CC3)c2c1. The van der Waals surface area contributed by atoms with E-state index in [0.717, 1.165) is 28.6 Å². The molecule has 3 heterocycles. The Balaban J connectivity index is 1.81. The Bertz CT molecular complexity index is 1040. The van der Waals surface area contributed by atoms with E-state index in [9.17, 15) is 9.59 Å². The molecule has 148 valence electrons. The molecule has 0 N–H and O–H groups in total. The molecule has 1 fully saturated rings. The molecule has 1 saturated heterocycles. The van der Waals surface area contributed by atoms with E-state index in [4.69, 9.17) is 4.98 Å². The highest BCUT2D eigenvalue weighted by atomic mass is 16.2. The first-order valence-corrected chi connectivity index (χ1v) is 9.90. The van der Waals surface area contributed by atoms with Crippen molar-refractivity contribution in [3.8, 4) is 11.3 Å². The smallest absolute Gasteiger partial charge is 0.254 e. The summed E-state index contributed by atoms with van der Waals surface area (Å²) in [4.78, 5) is 36.9. The van der Waals surface area contributed by atoms with Crippen LogP contribution >= 0.6 is 0 Å². The molecule has 0 unspecified atom stereocenters. The summed E-state index contributed by atoms with van der Waals surface area (Å²) in [5, 5.41) is 0.867. The van der Waals surface area contributed by atoms with Gasteiger partial charge in [-0.3, -0.25) is 14.6 Å². The van der Waals surface area contributed by atoms with Crippen LogP contribution in [0.2, 0.25) is 0 Å². The number of benzene rings is 1. The molecule has 0 radical (unpaired) electrons. The van der Waals surface area contributed by atoms with E-state index in [-0.39, 0.29) is 5.91 Å². The van der Waals surface area contributed by atoms with Crippen LogP contribution in [0.1, 0.15) is 35.7 Å². The number of carbonyl (C=O) groups is 2. The molecule has 1 aliphatic heterocycles. The van der Waals surface area contributed by atoms with Crippen LogP contribution < -0.4 is 0 Å². The average Bonchev–Trinajstić information content (AvgIpc) is 2.78. The summed E-state index contributed by atoms with van der Waals surface area (Å²) in [5.41, 5.74) is 4.23. The van der Waals surface area contributed by atoms with Gasteiger partial charge in [-0.15, -0.1) is 0 Å². The number of hydrogen-bond donors (Lipinski definition) is 0. The summed E-state index contributed by atoms with van der Waals surface area (Å²) in [6.45, 7) is 6.47. The van der Waals surface area contributed by atoms with Gasteiger partial charge in [0.1, 0.15) is 0 Å². The number of pyridine rings is 2. The molecule has 6 nitrogen and oxygen atoms in total. The predicted octanol–water partition coefficient (Wildman–Crippen LogP) is 3.33. The molecule has 1 aliphatic rings. The van der Waals surface area contributed by atoms with Crippen molar-refractivity contribution < 1.29 is 9.59 Å². The largest absolute Gasteiger partial charge is 0.342 e. The second kappa shape index (κ2) is 7.99. The van der Waals surface area contributed by atoms with E-state index < -0.39 is 0 Å². The highest BCUT2D eigenvalue weighted by Crippen LogP contribution is 2.28. The lowest BCUT2D eigenvalue weighted by molar-refractivity contribution is -0.119. The van der Waals surface area contributed by atoms with Crippen LogP contribution in [0, 0.1) is 0 Å². The van der Waals surface area contributed by atoms with Gasteiger partial charge in [-0.05, 0) is 41.8 Å². The van der Waals surface area contributed by atoms with E-state index in [1.807, 2.05) is 29.2 Å². The lowest BCUT2D eigenvalue weighted by Crippen LogP contribution is -2.48. The van der Waals surface area contributed by atoms with Gasteiger partial charge in [-0.2, -0.15) is 0 Å². The van der Waals surface area contributed by atoms with Crippen LogP contribution in [0.15, 0.2) is 48.8 Å². The van der Waals surface area contributed by atoms with Crippen molar-refractivity contribution >= 4 is 23.2 Å². The fourth-order valence-electron chi connectivity index (χ4n) is 3.64. The van der Waals surface area contributed by atoms with Gasteiger partial charge < -0.3 is 9.80 Å². The molecular formula is C23H24N4O2.